The Kier molecular flexibility index (Phi) is 5.20. The highest BCUT2D eigenvalue weighted by molar-refractivity contribution is 6.30. The molecule has 1 rings (SSSR count). The maximum absolute atomic E-state index is 5.95. The van der Waals surface area contributed by atoms with Crippen molar-refractivity contribution in [2.75, 3.05) is 12.4 Å². The number of halogens is 1. The zero-order chi connectivity index (χ0) is 12.0. The molecule has 0 aliphatic heterocycles. The molecule has 0 fully saturated rings. The summed E-state index contributed by atoms with van der Waals surface area (Å²) in [5.74, 6) is 0.815. The molecular formula is C13H18ClNO. The topological polar surface area (TPSA) is 21.3 Å². The predicted molar refractivity (Wildman–Crippen MR) is 70.5 cm³/mol. The van der Waals surface area contributed by atoms with Gasteiger partial charge in [0, 0.05) is 11.1 Å². The van der Waals surface area contributed by atoms with Crippen molar-refractivity contribution in [3.63, 3.8) is 0 Å². The van der Waals surface area contributed by atoms with Crippen LogP contribution in [0.15, 0.2) is 30.9 Å². The molecule has 16 heavy (non-hydrogen) atoms. The number of benzene rings is 1. The van der Waals surface area contributed by atoms with Crippen LogP contribution in [0.2, 0.25) is 5.02 Å². The number of methoxy groups -OCH3 is 1. The first-order valence-corrected chi connectivity index (χ1v) is 5.76. The molecule has 0 heterocycles. The fourth-order valence-electron chi connectivity index (χ4n) is 1.50. The Labute approximate surface area is 102 Å². The van der Waals surface area contributed by atoms with Gasteiger partial charge in [0.1, 0.15) is 5.75 Å². The number of rotatable bonds is 6. The Morgan fingerprint density at radius 2 is 2.31 bits per heavy atom. The van der Waals surface area contributed by atoms with Crippen LogP contribution < -0.4 is 10.1 Å². The molecular weight excluding hydrogens is 222 g/mol. The van der Waals surface area contributed by atoms with E-state index in [0.29, 0.717) is 11.1 Å². The molecule has 0 saturated carbocycles. The van der Waals surface area contributed by atoms with E-state index in [4.69, 9.17) is 16.3 Å². The van der Waals surface area contributed by atoms with E-state index in [1.807, 2.05) is 24.3 Å². The zero-order valence-corrected chi connectivity index (χ0v) is 10.6. The highest BCUT2D eigenvalue weighted by Crippen LogP contribution is 2.28. The highest BCUT2D eigenvalue weighted by atomic mass is 35.5. The van der Waals surface area contributed by atoms with Gasteiger partial charge in [0.25, 0.3) is 0 Å². The average molecular weight is 240 g/mol. The summed E-state index contributed by atoms with van der Waals surface area (Å²) in [6, 6.07) is 5.93. The number of hydrogen-bond acceptors (Lipinski definition) is 2. The van der Waals surface area contributed by atoms with Crippen LogP contribution in [0.25, 0.3) is 0 Å². The van der Waals surface area contributed by atoms with E-state index in [2.05, 4.69) is 18.8 Å². The van der Waals surface area contributed by atoms with E-state index < -0.39 is 0 Å². The molecule has 0 aliphatic carbocycles. The first-order chi connectivity index (χ1) is 7.67. The van der Waals surface area contributed by atoms with E-state index in [0.717, 1.165) is 24.3 Å². The van der Waals surface area contributed by atoms with Gasteiger partial charge in [-0.3, -0.25) is 0 Å². The summed E-state index contributed by atoms with van der Waals surface area (Å²) >= 11 is 5.95. The molecule has 1 aromatic rings. The van der Waals surface area contributed by atoms with Gasteiger partial charge in [-0.05, 0) is 38.0 Å². The van der Waals surface area contributed by atoms with Crippen LogP contribution in [0.3, 0.4) is 0 Å². The van der Waals surface area contributed by atoms with E-state index in [1.54, 1.807) is 7.11 Å². The van der Waals surface area contributed by atoms with Crippen molar-refractivity contribution in [2.45, 2.75) is 25.8 Å². The molecule has 0 amide bonds. The third kappa shape index (κ3) is 3.78. The molecule has 2 nitrogen and oxygen atoms in total. The molecule has 3 heteroatoms. The van der Waals surface area contributed by atoms with E-state index in [-0.39, 0.29) is 0 Å². The number of ether oxygens (including phenoxy) is 1. The smallest absolute Gasteiger partial charge is 0.142 e. The van der Waals surface area contributed by atoms with Gasteiger partial charge >= 0.3 is 0 Å². The molecule has 0 radical (unpaired) electrons. The number of anilines is 1. The van der Waals surface area contributed by atoms with Gasteiger partial charge in [-0.2, -0.15) is 0 Å². The second kappa shape index (κ2) is 6.44. The maximum Gasteiger partial charge on any atom is 0.142 e. The van der Waals surface area contributed by atoms with Crippen LogP contribution in [0.5, 0.6) is 5.75 Å². The lowest BCUT2D eigenvalue weighted by Gasteiger charge is -2.17. The molecule has 88 valence electrons. The number of allylic oxidation sites excluding steroid dienone is 1. The second-order valence-corrected chi connectivity index (χ2v) is 4.19. The molecule has 0 bridgehead atoms. The Hall–Kier alpha value is -1.15. The molecule has 1 unspecified atom stereocenters. The first kappa shape index (κ1) is 12.9. The highest BCUT2D eigenvalue weighted by Gasteiger charge is 2.06. The summed E-state index contributed by atoms with van der Waals surface area (Å²) in [6.07, 6.45) is 3.96. The van der Waals surface area contributed by atoms with Crippen LogP contribution >= 0.6 is 11.6 Å². The van der Waals surface area contributed by atoms with Crippen molar-refractivity contribution < 1.29 is 4.74 Å². The minimum Gasteiger partial charge on any atom is -0.495 e. The van der Waals surface area contributed by atoms with Crippen LogP contribution in [0, 0.1) is 0 Å². The van der Waals surface area contributed by atoms with E-state index >= 15 is 0 Å². The maximum atomic E-state index is 5.95. The van der Waals surface area contributed by atoms with Gasteiger partial charge in [-0.1, -0.05) is 17.7 Å². The van der Waals surface area contributed by atoms with Gasteiger partial charge in [-0.15, -0.1) is 6.58 Å². The molecule has 0 aromatic heterocycles. The summed E-state index contributed by atoms with van der Waals surface area (Å²) in [7, 11) is 1.66. The SMILES string of the molecule is C=CCCC(C)Nc1cc(Cl)ccc1OC. The summed E-state index contributed by atoms with van der Waals surface area (Å²) in [4.78, 5) is 0. The Morgan fingerprint density at radius 3 is 2.94 bits per heavy atom. The standard InChI is InChI=1S/C13H18ClNO/c1-4-5-6-10(2)15-12-9-11(14)7-8-13(12)16-3/h4,7-10,15H,1,5-6H2,2-3H3. The van der Waals surface area contributed by atoms with Gasteiger partial charge in [-0.25, -0.2) is 0 Å². The molecule has 1 N–H and O–H groups in total. The quantitative estimate of drug-likeness (QED) is 0.755. The Balaban J connectivity index is 2.70. The lowest BCUT2D eigenvalue weighted by Crippen LogP contribution is -2.15. The summed E-state index contributed by atoms with van der Waals surface area (Å²) in [5, 5.41) is 4.09. The molecule has 0 spiro atoms. The molecule has 1 atom stereocenters. The van der Waals surface area contributed by atoms with Crippen molar-refractivity contribution in [3.8, 4) is 5.75 Å². The lowest BCUT2D eigenvalue weighted by atomic mass is 10.1. The van der Waals surface area contributed by atoms with Crippen LogP contribution in [-0.4, -0.2) is 13.2 Å². The fourth-order valence-corrected chi connectivity index (χ4v) is 1.67. The third-order valence-corrected chi connectivity index (χ3v) is 2.60. The first-order valence-electron chi connectivity index (χ1n) is 5.38. The monoisotopic (exact) mass is 239 g/mol. The zero-order valence-electron chi connectivity index (χ0n) is 9.79. The lowest BCUT2D eigenvalue weighted by molar-refractivity contribution is 0.416. The van der Waals surface area contributed by atoms with Gasteiger partial charge in [0.15, 0.2) is 0 Å². The van der Waals surface area contributed by atoms with E-state index in [9.17, 15) is 0 Å². The number of nitrogens with one attached hydrogen (secondary N) is 1. The van der Waals surface area contributed by atoms with Crippen LogP contribution in [-0.2, 0) is 0 Å². The van der Waals surface area contributed by atoms with E-state index in [1.165, 1.54) is 0 Å². The van der Waals surface area contributed by atoms with Crippen LogP contribution in [0.1, 0.15) is 19.8 Å². The normalized spacial score (nSPS) is 11.9. The minimum atomic E-state index is 0.366. The number of hydrogen-bond donors (Lipinski definition) is 1. The molecule has 0 aliphatic rings. The minimum absolute atomic E-state index is 0.366. The van der Waals surface area contributed by atoms with Crippen LogP contribution in [0.4, 0.5) is 5.69 Å². The summed E-state index contributed by atoms with van der Waals surface area (Å²) < 4.78 is 5.26. The third-order valence-electron chi connectivity index (χ3n) is 2.37. The Bertz CT molecular complexity index is 352. The van der Waals surface area contributed by atoms with Crippen molar-refractivity contribution in [1.29, 1.82) is 0 Å². The van der Waals surface area contributed by atoms with Crippen molar-refractivity contribution in [2.24, 2.45) is 0 Å². The van der Waals surface area contributed by atoms with Crippen molar-refractivity contribution in [3.05, 3.63) is 35.9 Å². The summed E-state index contributed by atoms with van der Waals surface area (Å²) in [6.45, 7) is 5.84. The molecule has 1 aromatic carbocycles. The second-order valence-electron chi connectivity index (χ2n) is 3.76. The molecule has 0 saturated heterocycles. The predicted octanol–water partition coefficient (Wildman–Crippen LogP) is 4.12. The van der Waals surface area contributed by atoms with Gasteiger partial charge < -0.3 is 10.1 Å². The fraction of sp³-hybridized carbons (Fsp3) is 0.385. The van der Waals surface area contributed by atoms with Crippen molar-refractivity contribution >= 4 is 17.3 Å². The largest absolute Gasteiger partial charge is 0.495 e. The summed E-state index contributed by atoms with van der Waals surface area (Å²) in [5.41, 5.74) is 0.937. The van der Waals surface area contributed by atoms with Gasteiger partial charge in [0.05, 0.1) is 12.8 Å². The van der Waals surface area contributed by atoms with Gasteiger partial charge in [0.2, 0.25) is 0 Å². The van der Waals surface area contributed by atoms with Crippen molar-refractivity contribution in [1.82, 2.24) is 0 Å². The average Bonchev–Trinajstić information content (AvgIpc) is 2.27. The Morgan fingerprint density at radius 1 is 1.56 bits per heavy atom.